The molecule has 0 aliphatic heterocycles. The third-order valence-corrected chi connectivity index (χ3v) is 5.73. The number of hydrogen-bond donors (Lipinski definition) is 6. The summed E-state index contributed by atoms with van der Waals surface area (Å²) in [4.78, 5) is 26.5. The van der Waals surface area contributed by atoms with Crippen LogP contribution in [-0.2, 0) is 6.42 Å². The zero-order chi connectivity index (χ0) is 25.5. The lowest BCUT2D eigenvalue weighted by Gasteiger charge is -2.15. The van der Waals surface area contributed by atoms with E-state index in [1.54, 1.807) is 43.5 Å². The molecule has 0 unspecified atom stereocenters. The molecular formula is C27H28N4O5. The maximum atomic E-state index is 12.3. The number of nitrogens with one attached hydrogen (secondary N) is 4. The van der Waals surface area contributed by atoms with Crippen molar-refractivity contribution in [3.8, 4) is 11.5 Å². The normalized spacial score (nSPS) is 11.7. The first-order valence-corrected chi connectivity index (χ1v) is 11.5. The largest absolute Gasteiger partial charge is 0.506 e. The molecule has 3 aromatic carbocycles. The van der Waals surface area contributed by atoms with Crippen LogP contribution in [0.1, 0.15) is 17.2 Å². The number of benzene rings is 3. The third-order valence-electron chi connectivity index (χ3n) is 5.73. The number of H-pyrrole nitrogens is 1. The molecule has 0 fully saturated rings. The minimum absolute atomic E-state index is 0.0437. The average Bonchev–Trinajstić information content (AvgIpc) is 2.87. The van der Waals surface area contributed by atoms with Gasteiger partial charge in [-0.05, 0) is 72.6 Å². The Labute approximate surface area is 207 Å². The number of aliphatic hydroxyl groups is 1. The number of ether oxygens (including phenoxy) is 1. The summed E-state index contributed by atoms with van der Waals surface area (Å²) in [6.07, 6.45) is -0.139. The van der Waals surface area contributed by atoms with Crippen LogP contribution in [0.4, 0.5) is 16.2 Å². The van der Waals surface area contributed by atoms with E-state index in [0.717, 1.165) is 5.56 Å². The number of pyridine rings is 1. The van der Waals surface area contributed by atoms with Crippen LogP contribution in [0.25, 0.3) is 10.9 Å². The van der Waals surface area contributed by atoms with E-state index in [2.05, 4.69) is 20.9 Å². The van der Waals surface area contributed by atoms with Crippen LogP contribution >= 0.6 is 0 Å². The first-order chi connectivity index (χ1) is 17.4. The van der Waals surface area contributed by atoms with E-state index in [-0.39, 0.29) is 17.3 Å². The maximum Gasteiger partial charge on any atom is 0.323 e. The van der Waals surface area contributed by atoms with Crippen LogP contribution in [0.5, 0.6) is 11.5 Å². The summed E-state index contributed by atoms with van der Waals surface area (Å²) in [6, 6.07) is 20.3. The molecule has 186 valence electrons. The van der Waals surface area contributed by atoms with E-state index in [4.69, 9.17) is 4.74 Å². The predicted octanol–water partition coefficient (Wildman–Crippen LogP) is 3.75. The van der Waals surface area contributed by atoms with Crippen LogP contribution in [-0.4, -0.2) is 41.4 Å². The SMILES string of the molecule is COc1ccc(NC(=O)Nc2cccc(CCNC[C@H](O)c3ccc(O)c4[nH]c(=O)ccc34)c2)cc1. The quantitative estimate of drug-likeness (QED) is 0.199. The molecule has 4 rings (SSSR count). The highest BCUT2D eigenvalue weighted by Gasteiger charge is 2.14. The van der Waals surface area contributed by atoms with Crippen LogP contribution in [0.3, 0.4) is 0 Å². The number of urea groups is 1. The van der Waals surface area contributed by atoms with Crippen LogP contribution < -0.4 is 26.2 Å². The molecule has 6 N–H and O–H groups in total. The number of phenols is 1. The van der Waals surface area contributed by atoms with Crippen molar-refractivity contribution in [2.24, 2.45) is 0 Å². The van der Waals surface area contributed by atoms with Crippen molar-refractivity contribution in [2.45, 2.75) is 12.5 Å². The number of rotatable bonds is 9. The number of aliphatic hydroxyl groups excluding tert-OH is 1. The van der Waals surface area contributed by atoms with Gasteiger partial charge in [-0.1, -0.05) is 18.2 Å². The highest BCUT2D eigenvalue weighted by atomic mass is 16.5. The Kier molecular flexibility index (Phi) is 7.84. The lowest BCUT2D eigenvalue weighted by Crippen LogP contribution is -2.24. The minimum atomic E-state index is -0.825. The van der Waals surface area contributed by atoms with Crippen molar-refractivity contribution in [1.29, 1.82) is 0 Å². The molecule has 0 aliphatic rings. The van der Waals surface area contributed by atoms with Gasteiger partial charge in [0.15, 0.2) is 0 Å². The molecular weight excluding hydrogens is 460 g/mol. The van der Waals surface area contributed by atoms with Gasteiger partial charge in [0.2, 0.25) is 5.56 Å². The van der Waals surface area contributed by atoms with Crippen molar-refractivity contribution >= 4 is 28.3 Å². The Bertz CT molecular complexity index is 1400. The fraction of sp³-hybridized carbons (Fsp3) is 0.185. The van der Waals surface area contributed by atoms with Gasteiger partial charge in [0.25, 0.3) is 0 Å². The van der Waals surface area contributed by atoms with E-state index < -0.39 is 6.10 Å². The fourth-order valence-corrected chi connectivity index (χ4v) is 3.90. The minimum Gasteiger partial charge on any atom is -0.506 e. The summed E-state index contributed by atoms with van der Waals surface area (Å²) < 4.78 is 5.12. The molecule has 9 heteroatoms. The average molecular weight is 489 g/mol. The summed E-state index contributed by atoms with van der Waals surface area (Å²) >= 11 is 0. The molecule has 1 atom stereocenters. The number of phenolic OH excluding ortho intramolecular Hbond substituents is 1. The molecule has 0 saturated heterocycles. The van der Waals surface area contributed by atoms with Gasteiger partial charge < -0.3 is 35.9 Å². The number of amides is 2. The number of anilines is 2. The Balaban J connectivity index is 1.28. The highest BCUT2D eigenvalue weighted by Crippen LogP contribution is 2.28. The standard InChI is InChI=1S/C27H28N4O5/c1-36-20-7-5-18(6-8-20)29-27(35)30-19-4-2-3-17(15-19)13-14-28-16-24(33)21-9-11-23(32)26-22(21)10-12-25(34)31-26/h2-12,15,24,28,32-33H,13-14,16H2,1H3,(H,31,34)(H2,29,30,35)/t24-/m0/s1. The lowest BCUT2D eigenvalue weighted by atomic mass is 10.0. The Hall–Kier alpha value is -4.34. The van der Waals surface area contributed by atoms with Gasteiger partial charge >= 0.3 is 6.03 Å². The Morgan fingerprint density at radius 2 is 1.78 bits per heavy atom. The number of hydrogen-bond acceptors (Lipinski definition) is 6. The van der Waals surface area contributed by atoms with Crippen LogP contribution in [0.15, 0.2) is 77.6 Å². The summed E-state index contributed by atoms with van der Waals surface area (Å²) in [5.74, 6) is 0.667. The lowest BCUT2D eigenvalue weighted by molar-refractivity contribution is 0.176. The summed E-state index contributed by atoms with van der Waals surface area (Å²) in [5.41, 5.74) is 2.94. The van der Waals surface area contributed by atoms with E-state index in [1.807, 2.05) is 24.3 Å². The second-order valence-electron chi connectivity index (χ2n) is 8.26. The summed E-state index contributed by atoms with van der Waals surface area (Å²) in [7, 11) is 1.58. The monoisotopic (exact) mass is 488 g/mol. The van der Waals surface area contributed by atoms with Crippen LogP contribution in [0, 0.1) is 0 Å². The number of fused-ring (bicyclic) bond motifs is 1. The van der Waals surface area contributed by atoms with Gasteiger partial charge in [-0.25, -0.2) is 4.79 Å². The van der Waals surface area contributed by atoms with Gasteiger partial charge in [0, 0.05) is 29.4 Å². The van der Waals surface area contributed by atoms with Crippen molar-refractivity contribution in [3.05, 3.63) is 94.3 Å². The number of aromatic hydroxyl groups is 1. The molecule has 4 aromatic rings. The molecule has 2 amide bonds. The second-order valence-corrected chi connectivity index (χ2v) is 8.26. The van der Waals surface area contributed by atoms with Gasteiger partial charge in [0.1, 0.15) is 11.5 Å². The maximum absolute atomic E-state index is 12.3. The highest BCUT2D eigenvalue weighted by molar-refractivity contribution is 5.99. The predicted molar refractivity (Wildman–Crippen MR) is 140 cm³/mol. The zero-order valence-electron chi connectivity index (χ0n) is 19.7. The van der Waals surface area contributed by atoms with E-state index in [9.17, 15) is 19.8 Å². The van der Waals surface area contributed by atoms with E-state index in [1.165, 1.54) is 12.1 Å². The first-order valence-electron chi connectivity index (χ1n) is 11.5. The first kappa shape index (κ1) is 24.8. The summed E-state index contributed by atoms with van der Waals surface area (Å²) in [6.45, 7) is 0.895. The number of carbonyl (C=O) groups is 1. The van der Waals surface area contributed by atoms with Crippen molar-refractivity contribution in [2.75, 3.05) is 30.8 Å². The molecule has 0 bridgehead atoms. The van der Waals surface area contributed by atoms with Crippen LogP contribution in [0.2, 0.25) is 0 Å². The number of methoxy groups -OCH3 is 1. The van der Waals surface area contributed by atoms with Gasteiger partial charge in [-0.2, -0.15) is 0 Å². The third kappa shape index (κ3) is 6.21. The molecule has 1 heterocycles. The molecule has 0 aliphatic carbocycles. The van der Waals surface area contributed by atoms with Gasteiger partial charge in [-0.15, -0.1) is 0 Å². The van der Waals surface area contributed by atoms with Crippen molar-refractivity contribution < 1.29 is 19.7 Å². The molecule has 1 aromatic heterocycles. The zero-order valence-corrected chi connectivity index (χ0v) is 19.7. The molecule has 0 radical (unpaired) electrons. The van der Waals surface area contributed by atoms with Crippen molar-refractivity contribution in [1.82, 2.24) is 10.3 Å². The Morgan fingerprint density at radius 3 is 2.56 bits per heavy atom. The molecule has 0 saturated carbocycles. The van der Waals surface area contributed by atoms with Crippen molar-refractivity contribution in [3.63, 3.8) is 0 Å². The Morgan fingerprint density at radius 1 is 1.00 bits per heavy atom. The summed E-state index contributed by atoms with van der Waals surface area (Å²) in [5, 5.41) is 30.1. The number of aromatic nitrogens is 1. The van der Waals surface area contributed by atoms with Gasteiger partial charge in [0.05, 0.1) is 18.7 Å². The molecule has 0 spiro atoms. The topological polar surface area (TPSA) is 136 Å². The second kappa shape index (κ2) is 11.4. The smallest absolute Gasteiger partial charge is 0.323 e. The van der Waals surface area contributed by atoms with E-state index >= 15 is 0 Å². The number of aromatic amines is 1. The number of carbonyl (C=O) groups excluding carboxylic acids is 1. The molecule has 9 nitrogen and oxygen atoms in total. The van der Waals surface area contributed by atoms with E-state index in [0.29, 0.717) is 53.1 Å². The fourth-order valence-electron chi connectivity index (χ4n) is 3.90. The molecule has 36 heavy (non-hydrogen) atoms. The van der Waals surface area contributed by atoms with Gasteiger partial charge in [-0.3, -0.25) is 4.79 Å².